The molecular formula is C21H19Cl2N3O. The molecule has 138 valence electrons. The van der Waals surface area contributed by atoms with E-state index in [1.807, 2.05) is 48.5 Å². The third-order valence-corrected chi connectivity index (χ3v) is 5.08. The molecule has 0 saturated heterocycles. The Labute approximate surface area is 168 Å². The number of hydrogen-bond acceptors (Lipinski definition) is 3. The van der Waals surface area contributed by atoms with Crippen LogP contribution in [0.3, 0.4) is 0 Å². The predicted molar refractivity (Wildman–Crippen MR) is 108 cm³/mol. The molecule has 1 heterocycles. The molecule has 2 atom stereocenters. The number of hydrogen-bond donors (Lipinski definition) is 1. The van der Waals surface area contributed by atoms with E-state index in [9.17, 15) is 4.79 Å². The van der Waals surface area contributed by atoms with Gasteiger partial charge in [-0.05, 0) is 41.3 Å². The van der Waals surface area contributed by atoms with Gasteiger partial charge >= 0.3 is 0 Å². The monoisotopic (exact) mass is 399 g/mol. The fraction of sp³-hybridized carbons (Fsp3) is 0.190. The normalized spacial score (nSPS) is 13.0. The maximum Gasteiger partial charge on any atom is 0.271 e. The van der Waals surface area contributed by atoms with Crippen LogP contribution in [0.5, 0.6) is 0 Å². The summed E-state index contributed by atoms with van der Waals surface area (Å²) < 4.78 is 0. The van der Waals surface area contributed by atoms with E-state index < -0.39 is 0 Å². The zero-order valence-corrected chi connectivity index (χ0v) is 16.3. The molecule has 2 unspecified atom stereocenters. The molecule has 0 bridgehead atoms. The summed E-state index contributed by atoms with van der Waals surface area (Å²) >= 11 is 12.1. The molecule has 2 aromatic carbocycles. The Hall–Kier alpha value is -2.43. The smallest absolute Gasteiger partial charge is 0.271 e. The van der Waals surface area contributed by atoms with Crippen LogP contribution in [0.2, 0.25) is 10.0 Å². The van der Waals surface area contributed by atoms with Crippen molar-refractivity contribution in [1.82, 2.24) is 15.3 Å². The second-order valence-electron chi connectivity index (χ2n) is 6.30. The molecule has 0 aliphatic rings. The number of nitrogens with one attached hydrogen (secondary N) is 1. The van der Waals surface area contributed by atoms with Crippen molar-refractivity contribution in [1.29, 1.82) is 0 Å². The molecule has 0 fully saturated rings. The lowest BCUT2D eigenvalue weighted by atomic mass is 9.82. The Kier molecular flexibility index (Phi) is 6.43. The predicted octanol–water partition coefficient (Wildman–Crippen LogP) is 5.10. The van der Waals surface area contributed by atoms with Crippen molar-refractivity contribution in [3.05, 3.63) is 94.0 Å². The van der Waals surface area contributed by atoms with Gasteiger partial charge in [0.15, 0.2) is 0 Å². The van der Waals surface area contributed by atoms with Gasteiger partial charge in [-0.15, -0.1) is 0 Å². The number of nitrogens with zero attached hydrogens (tertiary/aromatic N) is 2. The van der Waals surface area contributed by atoms with Crippen LogP contribution in [0.15, 0.2) is 67.1 Å². The van der Waals surface area contributed by atoms with Crippen LogP contribution < -0.4 is 5.32 Å². The molecule has 1 amide bonds. The first kappa shape index (κ1) is 19.3. The largest absolute Gasteiger partial charge is 0.350 e. The summed E-state index contributed by atoms with van der Waals surface area (Å²) in [6.45, 7) is 2.60. The Balaban J connectivity index is 1.82. The van der Waals surface area contributed by atoms with Gasteiger partial charge < -0.3 is 5.32 Å². The standard InChI is InChI=1S/C21H19Cl2N3O/c1-14(15-2-6-17(22)7-3-15)19(16-4-8-18(23)9-5-16)12-26-21(27)20-13-24-10-11-25-20/h2-11,13-14,19H,12H2,1H3,(H,26,27). The summed E-state index contributed by atoms with van der Waals surface area (Å²) in [7, 11) is 0. The maximum absolute atomic E-state index is 12.4. The number of carbonyl (C=O) groups is 1. The van der Waals surface area contributed by atoms with Crippen LogP contribution in [0.1, 0.15) is 40.4 Å². The van der Waals surface area contributed by atoms with Gasteiger partial charge in [-0.1, -0.05) is 54.4 Å². The van der Waals surface area contributed by atoms with E-state index in [1.54, 1.807) is 0 Å². The van der Waals surface area contributed by atoms with Crippen LogP contribution in [0, 0.1) is 0 Å². The van der Waals surface area contributed by atoms with Crippen molar-refractivity contribution in [3.8, 4) is 0 Å². The van der Waals surface area contributed by atoms with Gasteiger partial charge in [-0.25, -0.2) is 4.98 Å². The number of carbonyl (C=O) groups excluding carboxylic acids is 1. The van der Waals surface area contributed by atoms with E-state index in [0.29, 0.717) is 22.3 Å². The molecule has 27 heavy (non-hydrogen) atoms. The SMILES string of the molecule is CC(c1ccc(Cl)cc1)C(CNC(=O)c1cnccn1)c1ccc(Cl)cc1. The molecular weight excluding hydrogens is 381 g/mol. The molecule has 1 aromatic heterocycles. The van der Waals surface area contributed by atoms with Gasteiger partial charge in [-0.2, -0.15) is 0 Å². The van der Waals surface area contributed by atoms with Crippen LogP contribution in [-0.2, 0) is 0 Å². The lowest BCUT2D eigenvalue weighted by Gasteiger charge is -2.25. The molecule has 0 aliphatic carbocycles. The summed E-state index contributed by atoms with van der Waals surface area (Å²) in [4.78, 5) is 20.4. The van der Waals surface area contributed by atoms with Crippen molar-refractivity contribution in [2.45, 2.75) is 18.8 Å². The summed E-state index contributed by atoms with van der Waals surface area (Å²) in [5, 5.41) is 4.35. The van der Waals surface area contributed by atoms with Crippen LogP contribution >= 0.6 is 23.2 Å². The van der Waals surface area contributed by atoms with E-state index in [0.717, 1.165) is 11.1 Å². The molecule has 4 nitrogen and oxygen atoms in total. The highest BCUT2D eigenvalue weighted by Gasteiger charge is 2.22. The fourth-order valence-corrected chi connectivity index (χ4v) is 3.25. The molecule has 0 aliphatic heterocycles. The lowest BCUT2D eigenvalue weighted by Crippen LogP contribution is -2.31. The van der Waals surface area contributed by atoms with E-state index in [2.05, 4.69) is 22.2 Å². The quantitative estimate of drug-likeness (QED) is 0.626. The number of amides is 1. The minimum absolute atomic E-state index is 0.0593. The first-order valence-corrected chi connectivity index (χ1v) is 9.35. The van der Waals surface area contributed by atoms with E-state index in [-0.39, 0.29) is 17.7 Å². The Bertz CT molecular complexity index is 884. The zero-order valence-electron chi connectivity index (χ0n) is 14.8. The van der Waals surface area contributed by atoms with E-state index in [1.165, 1.54) is 18.6 Å². The van der Waals surface area contributed by atoms with Crippen LogP contribution in [0.25, 0.3) is 0 Å². The zero-order chi connectivity index (χ0) is 19.2. The Morgan fingerprint density at radius 2 is 1.56 bits per heavy atom. The van der Waals surface area contributed by atoms with Crippen molar-refractivity contribution in [3.63, 3.8) is 0 Å². The molecule has 0 saturated carbocycles. The summed E-state index contributed by atoms with van der Waals surface area (Å²) in [5.74, 6) is -0.0277. The van der Waals surface area contributed by atoms with Gasteiger partial charge in [0.2, 0.25) is 0 Å². The second-order valence-corrected chi connectivity index (χ2v) is 7.17. The highest BCUT2D eigenvalue weighted by Crippen LogP contribution is 2.33. The first-order valence-electron chi connectivity index (χ1n) is 8.59. The van der Waals surface area contributed by atoms with Crippen molar-refractivity contribution >= 4 is 29.1 Å². The fourth-order valence-electron chi connectivity index (χ4n) is 3.00. The number of halogens is 2. The molecule has 0 radical (unpaired) electrons. The summed E-state index contributed by atoms with van der Waals surface area (Å²) in [6, 6.07) is 15.5. The Morgan fingerprint density at radius 3 is 2.11 bits per heavy atom. The van der Waals surface area contributed by atoms with Crippen molar-refractivity contribution in [2.75, 3.05) is 6.54 Å². The number of benzene rings is 2. The van der Waals surface area contributed by atoms with Gasteiger partial charge in [0.05, 0.1) is 6.20 Å². The topological polar surface area (TPSA) is 54.9 Å². The average Bonchev–Trinajstić information content (AvgIpc) is 2.70. The number of rotatable bonds is 6. The second kappa shape index (κ2) is 8.98. The van der Waals surface area contributed by atoms with Gasteiger partial charge in [0.25, 0.3) is 5.91 Å². The molecule has 3 rings (SSSR count). The molecule has 3 aromatic rings. The first-order chi connectivity index (χ1) is 13.0. The molecule has 6 heteroatoms. The van der Waals surface area contributed by atoms with Gasteiger partial charge in [0.1, 0.15) is 5.69 Å². The average molecular weight is 400 g/mol. The van der Waals surface area contributed by atoms with Gasteiger partial charge in [-0.3, -0.25) is 9.78 Å². The summed E-state index contributed by atoms with van der Waals surface area (Å²) in [6.07, 6.45) is 4.49. The van der Waals surface area contributed by atoms with E-state index >= 15 is 0 Å². The number of aromatic nitrogens is 2. The van der Waals surface area contributed by atoms with Crippen LogP contribution in [0.4, 0.5) is 0 Å². The van der Waals surface area contributed by atoms with Crippen molar-refractivity contribution < 1.29 is 4.79 Å². The third kappa shape index (κ3) is 5.06. The molecule has 0 spiro atoms. The van der Waals surface area contributed by atoms with Crippen LogP contribution in [-0.4, -0.2) is 22.4 Å². The minimum atomic E-state index is -0.245. The van der Waals surface area contributed by atoms with Gasteiger partial charge in [0, 0.05) is 34.9 Å². The highest BCUT2D eigenvalue weighted by molar-refractivity contribution is 6.30. The van der Waals surface area contributed by atoms with E-state index in [4.69, 9.17) is 23.2 Å². The lowest BCUT2D eigenvalue weighted by molar-refractivity contribution is 0.0944. The third-order valence-electron chi connectivity index (χ3n) is 4.58. The maximum atomic E-state index is 12.4. The Morgan fingerprint density at radius 1 is 0.963 bits per heavy atom. The highest BCUT2D eigenvalue weighted by atomic mass is 35.5. The minimum Gasteiger partial charge on any atom is -0.350 e. The van der Waals surface area contributed by atoms with Crippen molar-refractivity contribution in [2.24, 2.45) is 0 Å². The summed E-state index contributed by atoms with van der Waals surface area (Å²) in [5.41, 5.74) is 2.54. The molecule has 1 N–H and O–H groups in total.